The third kappa shape index (κ3) is 3.98. The minimum Gasteiger partial charge on any atom is -0.369 e. The molecular weight excluding hydrogens is 279 g/mol. The first-order valence-corrected chi connectivity index (χ1v) is 6.54. The molecule has 0 amide bonds. The van der Waals surface area contributed by atoms with Gasteiger partial charge >= 0.3 is 6.18 Å². The molecule has 1 aromatic heterocycles. The van der Waals surface area contributed by atoms with Crippen LogP contribution in [0.2, 0.25) is 5.02 Å². The summed E-state index contributed by atoms with van der Waals surface area (Å²) < 4.78 is 37.3. The van der Waals surface area contributed by atoms with Gasteiger partial charge < -0.3 is 10.6 Å². The number of anilines is 1. The maximum atomic E-state index is 12.4. The van der Waals surface area contributed by atoms with Gasteiger partial charge in [0.25, 0.3) is 0 Å². The number of halogens is 4. The molecule has 0 spiro atoms. The van der Waals surface area contributed by atoms with E-state index in [4.69, 9.17) is 11.6 Å². The standard InChI is InChI=1S/C12H15ClF3N3/c13-10-6-8(12(14,15)16)7-19-11(10)18-5-3-9-2-1-4-17-9/h6-7,9,17H,1-5H2,(H,18,19)/t9-/m1/s1. The van der Waals surface area contributed by atoms with Crippen LogP contribution in [0.4, 0.5) is 19.0 Å². The number of pyridine rings is 1. The fraction of sp³-hybridized carbons (Fsp3) is 0.583. The monoisotopic (exact) mass is 293 g/mol. The lowest BCUT2D eigenvalue weighted by Crippen LogP contribution is -2.24. The number of hydrogen-bond donors (Lipinski definition) is 2. The van der Waals surface area contributed by atoms with Gasteiger partial charge in [0, 0.05) is 18.8 Å². The van der Waals surface area contributed by atoms with Crippen LogP contribution in [0, 0.1) is 0 Å². The Bertz CT molecular complexity index is 431. The van der Waals surface area contributed by atoms with E-state index in [0.29, 0.717) is 18.4 Å². The molecule has 1 aliphatic heterocycles. The molecule has 2 N–H and O–H groups in total. The number of hydrogen-bond acceptors (Lipinski definition) is 3. The van der Waals surface area contributed by atoms with Crippen LogP contribution < -0.4 is 10.6 Å². The summed E-state index contributed by atoms with van der Waals surface area (Å²) in [6.07, 6.45) is -0.413. The lowest BCUT2D eigenvalue weighted by Gasteiger charge is -2.13. The Kier molecular flexibility index (Phi) is 4.52. The molecule has 1 atom stereocenters. The number of aromatic nitrogens is 1. The van der Waals surface area contributed by atoms with Crippen LogP contribution in [0.1, 0.15) is 24.8 Å². The molecule has 1 fully saturated rings. The quantitative estimate of drug-likeness (QED) is 0.894. The third-order valence-electron chi connectivity index (χ3n) is 3.12. The van der Waals surface area contributed by atoms with E-state index in [-0.39, 0.29) is 5.02 Å². The van der Waals surface area contributed by atoms with Gasteiger partial charge in [-0.05, 0) is 31.9 Å². The maximum Gasteiger partial charge on any atom is 0.417 e. The zero-order valence-corrected chi connectivity index (χ0v) is 11.0. The first-order chi connectivity index (χ1) is 8.97. The van der Waals surface area contributed by atoms with Gasteiger partial charge in [0.15, 0.2) is 0 Å². The minimum absolute atomic E-state index is 0.00536. The minimum atomic E-state index is -4.41. The number of alkyl halides is 3. The summed E-state index contributed by atoms with van der Waals surface area (Å²) in [7, 11) is 0. The van der Waals surface area contributed by atoms with E-state index in [1.165, 1.54) is 6.42 Å². The van der Waals surface area contributed by atoms with Crippen molar-refractivity contribution in [2.75, 3.05) is 18.4 Å². The van der Waals surface area contributed by atoms with Gasteiger partial charge in [-0.15, -0.1) is 0 Å². The molecule has 2 heterocycles. The van der Waals surface area contributed by atoms with E-state index < -0.39 is 11.7 Å². The van der Waals surface area contributed by atoms with Gasteiger partial charge in [0.2, 0.25) is 0 Å². The molecule has 1 aromatic rings. The smallest absolute Gasteiger partial charge is 0.369 e. The normalized spacial score (nSPS) is 19.7. The molecule has 0 radical (unpaired) electrons. The summed E-state index contributed by atoms with van der Waals surface area (Å²) >= 11 is 5.79. The van der Waals surface area contributed by atoms with E-state index >= 15 is 0 Å². The van der Waals surface area contributed by atoms with Crippen molar-refractivity contribution in [3.8, 4) is 0 Å². The maximum absolute atomic E-state index is 12.4. The zero-order valence-electron chi connectivity index (χ0n) is 10.2. The van der Waals surface area contributed by atoms with Crippen LogP contribution in [0.3, 0.4) is 0 Å². The Labute approximate surface area is 114 Å². The number of nitrogens with one attached hydrogen (secondary N) is 2. The van der Waals surface area contributed by atoms with Gasteiger partial charge in [0.1, 0.15) is 5.82 Å². The molecule has 7 heteroatoms. The summed E-state index contributed by atoms with van der Waals surface area (Å²) in [5.41, 5.74) is -0.833. The average Bonchev–Trinajstić information content (AvgIpc) is 2.83. The van der Waals surface area contributed by atoms with Gasteiger partial charge in [0.05, 0.1) is 10.6 Å². The molecule has 0 bridgehead atoms. The second kappa shape index (κ2) is 5.96. The summed E-state index contributed by atoms with van der Waals surface area (Å²) in [5.74, 6) is 0.299. The highest BCUT2D eigenvalue weighted by Crippen LogP contribution is 2.32. The van der Waals surface area contributed by atoms with Crippen molar-refractivity contribution >= 4 is 17.4 Å². The second-order valence-corrected chi connectivity index (χ2v) is 4.97. The predicted octanol–water partition coefficient (Wildman–Crippen LogP) is 3.31. The molecule has 0 saturated carbocycles. The van der Waals surface area contributed by atoms with E-state index in [1.54, 1.807) is 0 Å². The topological polar surface area (TPSA) is 37.0 Å². The predicted molar refractivity (Wildman–Crippen MR) is 68.4 cm³/mol. The van der Waals surface area contributed by atoms with Crippen LogP contribution in [-0.2, 0) is 6.18 Å². The van der Waals surface area contributed by atoms with E-state index in [2.05, 4.69) is 15.6 Å². The van der Waals surface area contributed by atoms with Crippen LogP contribution in [0.15, 0.2) is 12.3 Å². The Morgan fingerprint density at radius 2 is 2.26 bits per heavy atom. The molecule has 3 nitrogen and oxygen atoms in total. The second-order valence-electron chi connectivity index (χ2n) is 4.56. The van der Waals surface area contributed by atoms with Crippen molar-refractivity contribution in [2.45, 2.75) is 31.5 Å². The van der Waals surface area contributed by atoms with Gasteiger partial charge in [-0.25, -0.2) is 4.98 Å². The molecule has 0 aromatic carbocycles. The van der Waals surface area contributed by atoms with E-state index in [0.717, 1.165) is 31.6 Å². The van der Waals surface area contributed by atoms with Crippen molar-refractivity contribution in [1.82, 2.24) is 10.3 Å². The van der Waals surface area contributed by atoms with Crippen LogP contribution in [-0.4, -0.2) is 24.1 Å². The Morgan fingerprint density at radius 3 is 2.84 bits per heavy atom. The summed E-state index contributed by atoms with van der Waals surface area (Å²) in [4.78, 5) is 3.73. The van der Waals surface area contributed by atoms with Crippen LogP contribution >= 0.6 is 11.6 Å². The zero-order chi connectivity index (χ0) is 13.9. The van der Waals surface area contributed by atoms with Gasteiger partial charge in [-0.2, -0.15) is 13.2 Å². The first-order valence-electron chi connectivity index (χ1n) is 6.17. The van der Waals surface area contributed by atoms with Gasteiger partial charge in [-0.1, -0.05) is 11.6 Å². The molecule has 1 aliphatic rings. The number of rotatable bonds is 4. The van der Waals surface area contributed by atoms with Crippen molar-refractivity contribution in [1.29, 1.82) is 0 Å². The highest BCUT2D eigenvalue weighted by Gasteiger charge is 2.31. The van der Waals surface area contributed by atoms with Crippen molar-refractivity contribution in [3.63, 3.8) is 0 Å². The molecular formula is C12H15ClF3N3. The van der Waals surface area contributed by atoms with Gasteiger partial charge in [-0.3, -0.25) is 0 Å². The first kappa shape index (κ1) is 14.4. The molecule has 0 unspecified atom stereocenters. The fourth-order valence-corrected chi connectivity index (χ4v) is 2.32. The summed E-state index contributed by atoms with van der Waals surface area (Å²) in [6.45, 7) is 1.67. The molecule has 19 heavy (non-hydrogen) atoms. The van der Waals surface area contributed by atoms with Crippen molar-refractivity contribution in [3.05, 3.63) is 22.8 Å². The average molecular weight is 294 g/mol. The highest BCUT2D eigenvalue weighted by atomic mass is 35.5. The third-order valence-corrected chi connectivity index (χ3v) is 3.40. The van der Waals surface area contributed by atoms with Crippen LogP contribution in [0.5, 0.6) is 0 Å². The number of nitrogens with zero attached hydrogens (tertiary/aromatic N) is 1. The van der Waals surface area contributed by atoms with E-state index in [1.807, 2.05) is 0 Å². The lowest BCUT2D eigenvalue weighted by atomic mass is 10.1. The highest BCUT2D eigenvalue weighted by molar-refractivity contribution is 6.32. The summed E-state index contributed by atoms with van der Waals surface area (Å²) in [5, 5.41) is 6.31. The summed E-state index contributed by atoms with van der Waals surface area (Å²) in [6, 6.07) is 1.37. The van der Waals surface area contributed by atoms with E-state index in [9.17, 15) is 13.2 Å². The van der Waals surface area contributed by atoms with Crippen LogP contribution in [0.25, 0.3) is 0 Å². The Hall–Kier alpha value is -1.01. The molecule has 106 valence electrons. The molecule has 0 aliphatic carbocycles. The van der Waals surface area contributed by atoms with Crippen molar-refractivity contribution in [2.24, 2.45) is 0 Å². The Morgan fingerprint density at radius 1 is 1.47 bits per heavy atom. The van der Waals surface area contributed by atoms with Crippen molar-refractivity contribution < 1.29 is 13.2 Å². The lowest BCUT2D eigenvalue weighted by molar-refractivity contribution is -0.137. The molecule has 1 saturated heterocycles. The molecule has 2 rings (SSSR count). The SMILES string of the molecule is FC(F)(F)c1cnc(NCC[C@H]2CCCN2)c(Cl)c1. The fourth-order valence-electron chi connectivity index (χ4n) is 2.09. The Balaban J connectivity index is 1.90. The largest absolute Gasteiger partial charge is 0.417 e.